The maximum Gasteiger partial charge on any atom is 0.338 e. The number of carbonyl (C=O) groups is 1. The van der Waals surface area contributed by atoms with E-state index in [-0.39, 0.29) is 5.97 Å². The maximum absolute atomic E-state index is 11.7. The first-order chi connectivity index (χ1) is 9.07. The van der Waals surface area contributed by atoms with Crippen LogP contribution in [-0.2, 0) is 4.74 Å². The summed E-state index contributed by atoms with van der Waals surface area (Å²) in [6.07, 6.45) is 0. The highest BCUT2D eigenvalue weighted by Crippen LogP contribution is 2.28. The summed E-state index contributed by atoms with van der Waals surface area (Å²) in [6, 6.07) is 7.87. The lowest BCUT2D eigenvalue weighted by atomic mass is 10.2. The molecule has 0 saturated carbocycles. The Kier molecular flexibility index (Phi) is 5.21. The van der Waals surface area contributed by atoms with Gasteiger partial charge < -0.3 is 8.97 Å². The lowest BCUT2D eigenvalue weighted by molar-refractivity contribution is 0.0526. The number of esters is 1. The topological polar surface area (TPSA) is 29.5 Å². The minimum absolute atomic E-state index is 0.244. The summed E-state index contributed by atoms with van der Waals surface area (Å²) in [6.45, 7) is 16.4. The second-order valence-corrected chi connectivity index (χ2v) is 17.0. The van der Waals surface area contributed by atoms with E-state index < -0.39 is 16.5 Å². The molecule has 0 spiro atoms. The molecule has 1 aromatic rings. The number of nitrogens with zero attached hydrogens (tertiary/aromatic N) is 1. The van der Waals surface area contributed by atoms with E-state index in [2.05, 4.69) is 55.6 Å². The molecule has 0 radical (unpaired) electrons. The van der Waals surface area contributed by atoms with Crippen LogP contribution in [-0.4, -0.2) is 29.0 Å². The molecular formula is C15H27NO2Si2. The maximum atomic E-state index is 11.7. The van der Waals surface area contributed by atoms with Gasteiger partial charge in [0.2, 0.25) is 0 Å². The van der Waals surface area contributed by atoms with Gasteiger partial charge in [-0.1, -0.05) is 39.3 Å². The van der Waals surface area contributed by atoms with Crippen LogP contribution in [0.25, 0.3) is 0 Å². The average Bonchev–Trinajstić information content (AvgIpc) is 2.26. The molecule has 0 aliphatic rings. The van der Waals surface area contributed by atoms with E-state index in [1.165, 1.54) is 5.69 Å². The summed E-state index contributed by atoms with van der Waals surface area (Å²) in [7, 11) is -2.89. The summed E-state index contributed by atoms with van der Waals surface area (Å²) in [5, 5.41) is 0. The zero-order chi connectivity index (χ0) is 15.6. The Balaban J connectivity index is 3.10. The van der Waals surface area contributed by atoms with E-state index in [1.54, 1.807) is 0 Å². The number of benzene rings is 1. The Hall–Kier alpha value is -1.08. The normalized spacial score (nSPS) is 12.2. The first-order valence-electron chi connectivity index (χ1n) is 7.15. The Morgan fingerprint density at radius 3 is 1.80 bits per heavy atom. The monoisotopic (exact) mass is 309 g/mol. The van der Waals surface area contributed by atoms with Crippen molar-refractivity contribution in [3.05, 3.63) is 29.8 Å². The molecule has 112 valence electrons. The van der Waals surface area contributed by atoms with Crippen molar-refractivity contribution in [1.29, 1.82) is 0 Å². The second-order valence-electron chi connectivity index (χ2n) is 6.94. The van der Waals surface area contributed by atoms with Crippen LogP contribution in [0.3, 0.4) is 0 Å². The van der Waals surface area contributed by atoms with Gasteiger partial charge in [0.05, 0.1) is 12.2 Å². The standard InChI is InChI=1S/C15H27NO2Si2/c1-8-18-15(17)13-9-11-14(12-10-13)16(19(2,3)4)20(5,6)7/h9-12H,8H2,1-7H3. The van der Waals surface area contributed by atoms with E-state index >= 15 is 0 Å². The highest BCUT2D eigenvalue weighted by molar-refractivity contribution is 6.99. The van der Waals surface area contributed by atoms with Crippen LogP contribution in [0.4, 0.5) is 5.69 Å². The molecule has 0 heterocycles. The number of hydrogen-bond donors (Lipinski definition) is 0. The van der Waals surface area contributed by atoms with Crippen LogP contribution < -0.4 is 4.23 Å². The number of anilines is 1. The molecule has 0 saturated heterocycles. The fourth-order valence-electron chi connectivity index (χ4n) is 2.74. The van der Waals surface area contributed by atoms with Crippen molar-refractivity contribution in [2.45, 2.75) is 46.2 Å². The van der Waals surface area contributed by atoms with Gasteiger partial charge in [0, 0.05) is 5.69 Å². The molecule has 3 nitrogen and oxygen atoms in total. The van der Waals surface area contributed by atoms with E-state index in [9.17, 15) is 4.79 Å². The van der Waals surface area contributed by atoms with Crippen molar-refractivity contribution >= 4 is 28.1 Å². The van der Waals surface area contributed by atoms with Gasteiger partial charge in [0.1, 0.15) is 16.5 Å². The molecule has 0 aromatic heterocycles. The molecule has 0 N–H and O–H groups in total. The van der Waals surface area contributed by atoms with Crippen LogP contribution in [0.15, 0.2) is 24.3 Å². The highest BCUT2D eigenvalue weighted by Gasteiger charge is 2.34. The third-order valence-electron chi connectivity index (χ3n) is 2.98. The van der Waals surface area contributed by atoms with Crippen LogP contribution >= 0.6 is 0 Å². The molecule has 5 heteroatoms. The number of ether oxygens (including phenoxy) is 1. The molecule has 1 aromatic carbocycles. The summed E-state index contributed by atoms with van der Waals surface area (Å²) in [4.78, 5) is 11.7. The van der Waals surface area contributed by atoms with E-state index in [1.807, 2.05) is 19.1 Å². The minimum Gasteiger partial charge on any atom is -0.462 e. The molecule has 20 heavy (non-hydrogen) atoms. The summed E-state index contributed by atoms with van der Waals surface area (Å²) < 4.78 is 7.66. The zero-order valence-corrected chi connectivity index (χ0v) is 15.8. The van der Waals surface area contributed by atoms with Crippen LogP contribution in [0.1, 0.15) is 17.3 Å². The first-order valence-corrected chi connectivity index (χ1v) is 14.0. The number of carbonyl (C=O) groups excluding carboxylic acids is 1. The van der Waals surface area contributed by atoms with Gasteiger partial charge in [-0.25, -0.2) is 4.79 Å². The Morgan fingerprint density at radius 2 is 1.45 bits per heavy atom. The predicted molar refractivity (Wildman–Crippen MR) is 91.6 cm³/mol. The molecule has 0 fully saturated rings. The summed E-state index contributed by atoms with van der Waals surface area (Å²) in [5.74, 6) is -0.244. The molecular weight excluding hydrogens is 282 g/mol. The van der Waals surface area contributed by atoms with Crippen molar-refractivity contribution in [2.75, 3.05) is 10.8 Å². The largest absolute Gasteiger partial charge is 0.462 e. The van der Waals surface area contributed by atoms with Crippen molar-refractivity contribution in [3.63, 3.8) is 0 Å². The van der Waals surface area contributed by atoms with E-state index in [0.717, 1.165) is 0 Å². The lowest BCUT2D eigenvalue weighted by Crippen LogP contribution is -2.59. The zero-order valence-electron chi connectivity index (χ0n) is 13.8. The average molecular weight is 310 g/mol. The van der Waals surface area contributed by atoms with Gasteiger partial charge in [0.15, 0.2) is 0 Å². The highest BCUT2D eigenvalue weighted by atomic mass is 28.4. The van der Waals surface area contributed by atoms with Crippen LogP contribution in [0.2, 0.25) is 39.3 Å². The smallest absolute Gasteiger partial charge is 0.338 e. The summed E-state index contributed by atoms with van der Waals surface area (Å²) >= 11 is 0. The van der Waals surface area contributed by atoms with Gasteiger partial charge in [-0.05, 0) is 31.2 Å². The minimum atomic E-state index is -1.44. The molecule has 0 unspecified atom stereocenters. The molecule has 1 rings (SSSR count). The van der Waals surface area contributed by atoms with Gasteiger partial charge in [0.25, 0.3) is 0 Å². The van der Waals surface area contributed by atoms with Crippen molar-refractivity contribution in [3.8, 4) is 0 Å². The molecule has 0 aliphatic heterocycles. The second kappa shape index (κ2) is 6.14. The van der Waals surface area contributed by atoms with Gasteiger partial charge >= 0.3 is 5.97 Å². The van der Waals surface area contributed by atoms with Gasteiger partial charge in [-0.15, -0.1) is 0 Å². The van der Waals surface area contributed by atoms with Gasteiger partial charge in [-0.3, -0.25) is 0 Å². The van der Waals surface area contributed by atoms with Crippen molar-refractivity contribution < 1.29 is 9.53 Å². The molecule has 0 amide bonds. The van der Waals surface area contributed by atoms with Crippen molar-refractivity contribution in [1.82, 2.24) is 0 Å². The predicted octanol–water partition coefficient (Wildman–Crippen LogP) is 4.34. The SMILES string of the molecule is CCOC(=O)c1ccc(N([Si](C)(C)C)[Si](C)(C)C)cc1. The lowest BCUT2D eigenvalue weighted by Gasteiger charge is -2.46. The van der Waals surface area contributed by atoms with E-state index in [4.69, 9.17) is 4.74 Å². The number of rotatable bonds is 5. The van der Waals surface area contributed by atoms with E-state index in [0.29, 0.717) is 12.2 Å². The fraction of sp³-hybridized carbons (Fsp3) is 0.533. The molecule has 0 atom stereocenters. The van der Waals surface area contributed by atoms with Crippen LogP contribution in [0.5, 0.6) is 0 Å². The Morgan fingerprint density at radius 1 is 1.00 bits per heavy atom. The van der Waals surface area contributed by atoms with Crippen molar-refractivity contribution in [2.24, 2.45) is 0 Å². The fourth-order valence-corrected chi connectivity index (χ4v) is 12.6. The first kappa shape index (κ1) is 17.0. The summed E-state index contributed by atoms with van der Waals surface area (Å²) in [5.41, 5.74) is 1.86. The Labute approximate surface area is 125 Å². The molecule has 0 aliphatic carbocycles. The third-order valence-corrected chi connectivity index (χ3v) is 10.2. The Bertz CT molecular complexity index is 444. The van der Waals surface area contributed by atoms with Gasteiger partial charge in [-0.2, -0.15) is 0 Å². The quantitative estimate of drug-likeness (QED) is 0.598. The van der Waals surface area contributed by atoms with Crippen LogP contribution in [0, 0.1) is 0 Å². The number of hydrogen-bond acceptors (Lipinski definition) is 3. The molecule has 0 bridgehead atoms. The third kappa shape index (κ3) is 4.21.